The summed E-state index contributed by atoms with van der Waals surface area (Å²) in [6.07, 6.45) is 3.09. The number of benzene rings is 1. The maximum atomic E-state index is 13.8. The molecular formula is C10H9BrFN3O. The minimum absolute atomic E-state index is 0.236. The van der Waals surface area contributed by atoms with E-state index in [1.807, 2.05) is 0 Å². The molecule has 0 saturated carbocycles. The summed E-state index contributed by atoms with van der Waals surface area (Å²) in [6, 6.07) is 3.17. The normalized spacial score (nSPS) is 10.4. The van der Waals surface area contributed by atoms with Crippen molar-refractivity contribution >= 4 is 21.6 Å². The van der Waals surface area contributed by atoms with Crippen molar-refractivity contribution in [2.75, 3.05) is 12.8 Å². The highest BCUT2D eigenvalue weighted by atomic mass is 79.9. The van der Waals surface area contributed by atoms with Crippen LogP contribution in [0.15, 0.2) is 29.0 Å². The Balaban J connectivity index is 2.52. The predicted octanol–water partition coefficient (Wildman–Crippen LogP) is 2.36. The molecule has 16 heavy (non-hydrogen) atoms. The molecule has 0 aliphatic heterocycles. The van der Waals surface area contributed by atoms with E-state index >= 15 is 0 Å². The molecule has 2 rings (SSSR count). The fraction of sp³-hybridized carbons (Fsp3) is 0.100. The summed E-state index contributed by atoms with van der Waals surface area (Å²) in [5.74, 6) is 0.109. The molecule has 0 bridgehead atoms. The fourth-order valence-corrected chi connectivity index (χ4v) is 1.61. The molecule has 1 aromatic heterocycles. The van der Waals surface area contributed by atoms with E-state index in [1.165, 1.54) is 18.0 Å². The lowest BCUT2D eigenvalue weighted by atomic mass is 10.3. The van der Waals surface area contributed by atoms with Crippen molar-refractivity contribution in [2.45, 2.75) is 0 Å². The molecule has 84 valence electrons. The lowest BCUT2D eigenvalue weighted by molar-refractivity contribution is 0.414. The van der Waals surface area contributed by atoms with E-state index in [0.29, 0.717) is 17.1 Å². The maximum absolute atomic E-state index is 13.8. The van der Waals surface area contributed by atoms with Crippen LogP contribution in [-0.2, 0) is 0 Å². The van der Waals surface area contributed by atoms with Crippen LogP contribution >= 0.6 is 15.9 Å². The Kier molecular flexibility index (Phi) is 2.82. The monoisotopic (exact) mass is 285 g/mol. The van der Waals surface area contributed by atoms with Crippen LogP contribution in [0.1, 0.15) is 0 Å². The smallest absolute Gasteiger partial charge is 0.165 e. The quantitative estimate of drug-likeness (QED) is 0.862. The number of hydrogen-bond acceptors (Lipinski definition) is 3. The van der Waals surface area contributed by atoms with Gasteiger partial charge in [0.15, 0.2) is 11.6 Å². The van der Waals surface area contributed by atoms with Gasteiger partial charge in [0.2, 0.25) is 0 Å². The van der Waals surface area contributed by atoms with Gasteiger partial charge in [0.25, 0.3) is 0 Å². The van der Waals surface area contributed by atoms with Gasteiger partial charge in [0.1, 0.15) is 5.69 Å². The summed E-state index contributed by atoms with van der Waals surface area (Å²) >= 11 is 3.08. The molecule has 2 aromatic rings. The minimum atomic E-state index is -0.453. The lowest BCUT2D eigenvalue weighted by Crippen LogP contribution is -2.00. The van der Waals surface area contributed by atoms with Crippen molar-refractivity contribution in [3.8, 4) is 11.4 Å². The highest BCUT2D eigenvalue weighted by molar-refractivity contribution is 9.10. The van der Waals surface area contributed by atoms with Gasteiger partial charge in [0.05, 0.1) is 24.0 Å². The zero-order valence-electron chi connectivity index (χ0n) is 8.45. The number of anilines is 1. The zero-order valence-corrected chi connectivity index (χ0v) is 10.0. The number of nitrogens with two attached hydrogens (primary N) is 1. The Labute approximate surface area is 99.9 Å². The third kappa shape index (κ3) is 1.76. The molecular weight excluding hydrogens is 277 g/mol. The van der Waals surface area contributed by atoms with Gasteiger partial charge in [-0.25, -0.2) is 9.07 Å². The Morgan fingerprint density at radius 2 is 2.25 bits per heavy atom. The summed E-state index contributed by atoms with van der Waals surface area (Å²) in [7, 11) is 1.52. The molecule has 0 radical (unpaired) electrons. The van der Waals surface area contributed by atoms with Crippen LogP contribution in [0.3, 0.4) is 0 Å². The van der Waals surface area contributed by atoms with Gasteiger partial charge >= 0.3 is 0 Å². The zero-order chi connectivity index (χ0) is 11.7. The molecule has 4 nitrogen and oxygen atoms in total. The van der Waals surface area contributed by atoms with Crippen LogP contribution in [0, 0.1) is 5.82 Å². The molecule has 0 unspecified atom stereocenters. The van der Waals surface area contributed by atoms with Crippen LogP contribution in [0.2, 0.25) is 0 Å². The van der Waals surface area contributed by atoms with Crippen LogP contribution in [0.4, 0.5) is 10.1 Å². The topological polar surface area (TPSA) is 53.1 Å². The molecule has 0 saturated heterocycles. The summed E-state index contributed by atoms with van der Waals surface area (Å²) in [5.41, 5.74) is 6.21. The van der Waals surface area contributed by atoms with E-state index in [4.69, 9.17) is 10.5 Å². The predicted molar refractivity (Wildman–Crippen MR) is 62.2 cm³/mol. The second-order valence-electron chi connectivity index (χ2n) is 3.13. The molecule has 1 aromatic carbocycles. The van der Waals surface area contributed by atoms with E-state index in [9.17, 15) is 4.39 Å². The molecule has 0 spiro atoms. The van der Waals surface area contributed by atoms with Gasteiger partial charge in [-0.1, -0.05) is 0 Å². The van der Waals surface area contributed by atoms with Gasteiger partial charge in [-0.05, 0) is 28.1 Å². The van der Waals surface area contributed by atoms with Crippen molar-refractivity contribution in [2.24, 2.45) is 0 Å². The molecule has 0 amide bonds. The summed E-state index contributed by atoms with van der Waals surface area (Å²) in [5, 5.41) is 3.98. The van der Waals surface area contributed by atoms with Crippen molar-refractivity contribution in [1.82, 2.24) is 9.78 Å². The highest BCUT2D eigenvalue weighted by Gasteiger charge is 2.12. The number of aromatic nitrogens is 2. The number of ether oxygens (including phenoxy) is 1. The first-order chi connectivity index (χ1) is 7.63. The maximum Gasteiger partial charge on any atom is 0.165 e. The molecule has 0 fully saturated rings. The standard InChI is InChI=1S/C10H9BrFN3O/c1-16-6-4-14-15(5-6)8-3-2-7(13)9(11)10(8)12/h2-5H,13H2,1H3. The SMILES string of the molecule is COc1cnn(-c2ccc(N)c(Br)c2F)c1. The summed E-state index contributed by atoms with van der Waals surface area (Å²) in [4.78, 5) is 0. The first kappa shape index (κ1) is 10.9. The Morgan fingerprint density at radius 3 is 2.88 bits per heavy atom. The first-order valence-electron chi connectivity index (χ1n) is 4.46. The number of rotatable bonds is 2. The van der Waals surface area contributed by atoms with Gasteiger partial charge in [-0.2, -0.15) is 5.10 Å². The molecule has 0 aliphatic rings. The Bertz CT molecular complexity index is 527. The molecule has 0 aliphatic carbocycles. The van der Waals surface area contributed by atoms with Crippen LogP contribution in [0.25, 0.3) is 5.69 Å². The van der Waals surface area contributed by atoms with E-state index in [1.54, 1.807) is 18.3 Å². The van der Waals surface area contributed by atoms with E-state index in [2.05, 4.69) is 21.0 Å². The van der Waals surface area contributed by atoms with E-state index < -0.39 is 5.82 Å². The third-order valence-corrected chi connectivity index (χ3v) is 2.94. The van der Waals surface area contributed by atoms with Crippen molar-refractivity contribution < 1.29 is 9.13 Å². The number of halogens is 2. The summed E-state index contributed by atoms with van der Waals surface area (Å²) in [6.45, 7) is 0. The van der Waals surface area contributed by atoms with Gasteiger partial charge < -0.3 is 10.5 Å². The van der Waals surface area contributed by atoms with Gasteiger partial charge in [-0.3, -0.25) is 0 Å². The van der Waals surface area contributed by atoms with Crippen molar-refractivity contribution in [1.29, 1.82) is 0 Å². The minimum Gasteiger partial charge on any atom is -0.493 e. The second-order valence-corrected chi connectivity index (χ2v) is 3.92. The van der Waals surface area contributed by atoms with Crippen LogP contribution in [-0.4, -0.2) is 16.9 Å². The van der Waals surface area contributed by atoms with Crippen molar-refractivity contribution in [3.05, 3.63) is 34.8 Å². The average Bonchev–Trinajstić information content (AvgIpc) is 2.74. The fourth-order valence-electron chi connectivity index (χ4n) is 1.27. The largest absolute Gasteiger partial charge is 0.493 e. The van der Waals surface area contributed by atoms with Crippen molar-refractivity contribution in [3.63, 3.8) is 0 Å². The van der Waals surface area contributed by atoms with Gasteiger partial charge in [0, 0.05) is 5.69 Å². The first-order valence-corrected chi connectivity index (χ1v) is 5.25. The molecule has 2 N–H and O–H groups in total. The second kappa shape index (κ2) is 4.13. The van der Waals surface area contributed by atoms with E-state index in [0.717, 1.165) is 0 Å². The number of methoxy groups -OCH3 is 1. The van der Waals surface area contributed by atoms with Crippen LogP contribution in [0.5, 0.6) is 5.75 Å². The Morgan fingerprint density at radius 1 is 1.50 bits per heavy atom. The molecule has 1 heterocycles. The highest BCUT2D eigenvalue weighted by Crippen LogP contribution is 2.28. The van der Waals surface area contributed by atoms with Crippen LogP contribution < -0.4 is 10.5 Å². The third-order valence-electron chi connectivity index (χ3n) is 2.13. The van der Waals surface area contributed by atoms with Gasteiger partial charge in [-0.15, -0.1) is 0 Å². The lowest BCUT2D eigenvalue weighted by Gasteiger charge is -2.06. The summed E-state index contributed by atoms with van der Waals surface area (Å²) < 4.78 is 20.4. The molecule has 6 heteroatoms. The van der Waals surface area contributed by atoms with E-state index in [-0.39, 0.29) is 4.47 Å². The number of nitrogen functional groups attached to an aromatic ring is 1. The Hall–Kier alpha value is -1.56. The average molecular weight is 286 g/mol. The molecule has 0 atom stereocenters. The number of hydrogen-bond donors (Lipinski definition) is 1. The number of nitrogens with zero attached hydrogens (tertiary/aromatic N) is 2.